The fraction of sp³-hybridized carbons (Fsp3) is 0.789. The molecule has 0 atom stereocenters. The molecule has 1 fully saturated rings. The van der Waals surface area contributed by atoms with E-state index >= 15 is 0 Å². The van der Waals surface area contributed by atoms with Gasteiger partial charge in [0.15, 0.2) is 5.96 Å². The lowest BCUT2D eigenvalue weighted by Gasteiger charge is -2.22. The third kappa shape index (κ3) is 6.69. The van der Waals surface area contributed by atoms with Gasteiger partial charge in [-0.3, -0.25) is 9.67 Å². The number of hydrogen-bond donors (Lipinski definition) is 1. The van der Waals surface area contributed by atoms with Gasteiger partial charge in [0.2, 0.25) is 0 Å². The van der Waals surface area contributed by atoms with E-state index < -0.39 is 0 Å². The van der Waals surface area contributed by atoms with Crippen molar-refractivity contribution in [1.29, 1.82) is 0 Å². The van der Waals surface area contributed by atoms with Gasteiger partial charge in [0.1, 0.15) is 0 Å². The summed E-state index contributed by atoms with van der Waals surface area (Å²) in [5.74, 6) is 2.21. The third-order valence-corrected chi connectivity index (χ3v) is 4.35. The summed E-state index contributed by atoms with van der Waals surface area (Å²) in [6.07, 6.45) is 5.78. The van der Waals surface area contributed by atoms with Gasteiger partial charge in [-0.1, -0.05) is 13.8 Å². The molecule has 0 aromatic carbocycles. The molecule has 0 bridgehead atoms. The average Bonchev–Trinajstić information content (AvgIpc) is 3.31. The van der Waals surface area contributed by atoms with Crippen LogP contribution in [0.4, 0.5) is 0 Å². The average molecular weight is 350 g/mol. The van der Waals surface area contributed by atoms with Crippen molar-refractivity contribution in [2.24, 2.45) is 18.0 Å². The van der Waals surface area contributed by atoms with Gasteiger partial charge in [-0.2, -0.15) is 5.10 Å². The van der Waals surface area contributed by atoms with Gasteiger partial charge in [0, 0.05) is 58.7 Å². The maximum Gasteiger partial charge on any atom is 0.193 e. The molecule has 0 spiro atoms. The van der Waals surface area contributed by atoms with Gasteiger partial charge in [-0.15, -0.1) is 0 Å². The second kappa shape index (κ2) is 9.80. The number of aryl methyl sites for hydroxylation is 1. The minimum absolute atomic E-state index is 0.424. The van der Waals surface area contributed by atoms with Crippen molar-refractivity contribution in [2.75, 3.05) is 33.4 Å². The van der Waals surface area contributed by atoms with Crippen LogP contribution in [0.2, 0.25) is 0 Å². The lowest BCUT2D eigenvalue weighted by atomic mass is 10.1. The van der Waals surface area contributed by atoms with Crippen LogP contribution in [0.3, 0.4) is 0 Å². The quantitative estimate of drug-likeness (QED) is 0.401. The highest BCUT2D eigenvalue weighted by Crippen LogP contribution is 2.28. The Kier molecular flexibility index (Phi) is 7.75. The zero-order valence-corrected chi connectivity index (χ0v) is 16.6. The SMILES string of the molecule is CCNC(=NCCCOCC1CC1)N(C)Cc1cn(C)nc1C(C)C. The molecule has 1 aromatic heterocycles. The fourth-order valence-electron chi connectivity index (χ4n) is 2.85. The topological polar surface area (TPSA) is 54.7 Å². The fourth-order valence-corrected chi connectivity index (χ4v) is 2.85. The van der Waals surface area contributed by atoms with E-state index in [4.69, 9.17) is 9.73 Å². The molecule has 142 valence electrons. The first-order valence-corrected chi connectivity index (χ1v) is 9.60. The van der Waals surface area contributed by atoms with Crippen molar-refractivity contribution < 1.29 is 4.74 Å². The molecule has 0 aliphatic heterocycles. The third-order valence-electron chi connectivity index (χ3n) is 4.35. The summed E-state index contributed by atoms with van der Waals surface area (Å²) in [5, 5.41) is 7.98. The van der Waals surface area contributed by atoms with E-state index in [0.29, 0.717) is 5.92 Å². The molecule has 6 heteroatoms. The van der Waals surface area contributed by atoms with Crippen LogP contribution in [0.5, 0.6) is 0 Å². The van der Waals surface area contributed by atoms with Crippen LogP contribution in [0.25, 0.3) is 0 Å². The summed E-state index contributed by atoms with van der Waals surface area (Å²) in [6, 6.07) is 0. The second-order valence-electron chi connectivity index (χ2n) is 7.33. The molecule has 0 radical (unpaired) electrons. The summed E-state index contributed by atoms with van der Waals surface area (Å²) in [5.41, 5.74) is 2.43. The van der Waals surface area contributed by atoms with E-state index in [1.807, 2.05) is 11.7 Å². The first-order valence-electron chi connectivity index (χ1n) is 9.60. The number of aromatic nitrogens is 2. The van der Waals surface area contributed by atoms with Crippen molar-refractivity contribution >= 4 is 5.96 Å². The van der Waals surface area contributed by atoms with Gasteiger partial charge in [-0.25, -0.2) is 0 Å². The Labute approximate surface area is 152 Å². The zero-order chi connectivity index (χ0) is 18.2. The van der Waals surface area contributed by atoms with Gasteiger partial charge in [0.05, 0.1) is 5.69 Å². The predicted octanol–water partition coefficient (Wildman–Crippen LogP) is 2.76. The number of rotatable bonds is 10. The van der Waals surface area contributed by atoms with Crippen molar-refractivity contribution in [2.45, 2.75) is 52.5 Å². The van der Waals surface area contributed by atoms with Crippen molar-refractivity contribution in [3.63, 3.8) is 0 Å². The van der Waals surface area contributed by atoms with Crippen LogP contribution < -0.4 is 5.32 Å². The van der Waals surface area contributed by atoms with E-state index in [-0.39, 0.29) is 0 Å². The Bertz CT molecular complexity index is 548. The largest absolute Gasteiger partial charge is 0.381 e. The highest BCUT2D eigenvalue weighted by Gasteiger charge is 2.20. The van der Waals surface area contributed by atoms with Crippen LogP contribution in [-0.4, -0.2) is 54.0 Å². The Morgan fingerprint density at radius 3 is 2.88 bits per heavy atom. The Morgan fingerprint density at radius 1 is 1.48 bits per heavy atom. The van der Waals surface area contributed by atoms with Crippen molar-refractivity contribution in [3.05, 3.63) is 17.5 Å². The Hall–Kier alpha value is -1.56. The van der Waals surface area contributed by atoms with E-state index in [9.17, 15) is 0 Å². The molecule has 25 heavy (non-hydrogen) atoms. The van der Waals surface area contributed by atoms with Crippen LogP contribution in [0, 0.1) is 5.92 Å². The van der Waals surface area contributed by atoms with Crippen molar-refractivity contribution in [1.82, 2.24) is 20.0 Å². The lowest BCUT2D eigenvalue weighted by molar-refractivity contribution is 0.123. The molecule has 0 unspecified atom stereocenters. The monoisotopic (exact) mass is 349 g/mol. The number of nitrogens with one attached hydrogen (secondary N) is 1. The van der Waals surface area contributed by atoms with Gasteiger partial charge >= 0.3 is 0 Å². The highest BCUT2D eigenvalue weighted by atomic mass is 16.5. The van der Waals surface area contributed by atoms with Gasteiger partial charge in [0.25, 0.3) is 0 Å². The summed E-state index contributed by atoms with van der Waals surface area (Å²) in [6.45, 7) is 10.7. The molecule has 1 aromatic rings. The maximum atomic E-state index is 5.69. The van der Waals surface area contributed by atoms with Crippen LogP contribution in [0.1, 0.15) is 57.2 Å². The van der Waals surface area contributed by atoms with Gasteiger partial charge < -0.3 is 15.0 Å². The molecule has 0 saturated heterocycles. The van der Waals surface area contributed by atoms with Crippen LogP contribution >= 0.6 is 0 Å². The Morgan fingerprint density at radius 2 is 2.24 bits per heavy atom. The standard InChI is InChI=1S/C19H35N5O/c1-6-20-19(21-10-7-11-25-14-16-8-9-16)23(4)12-17-13-24(5)22-18(17)15(2)3/h13,15-16H,6-12,14H2,1-5H3,(H,20,21). The highest BCUT2D eigenvalue weighted by molar-refractivity contribution is 5.79. The molecule has 0 amide bonds. The number of ether oxygens (including phenoxy) is 1. The summed E-state index contributed by atoms with van der Waals surface area (Å²) in [4.78, 5) is 6.93. The molecule has 1 N–H and O–H groups in total. The molecule has 2 rings (SSSR count). The normalized spacial score (nSPS) is 15.0. The minimum Gasteiger partial charge on any atom is -0.381 e. The van der Waals surface area contributed by atoms with E-state index in [0.717, 1.165) is 51.1 Å². The summed E-state index contributed by atoms with van der Waals surface area (Å²) >= 11 is 0. The molecular formula is C19H35N5O. The first kappa shape index (κ1) is 19.8. The summed E-state index contributed by atoms with van der Waals surface area (Å²) in [7, 11) is 4.07. The van der Waals surface area contributed by atoms with Gasteiger partial charge in [-0.05, 0) is 38.0 Å². The predicted molar refractivity (Wildman–Crippen MR) is 103 cm³/mol. The number of nitrogens with zero attached hydrogens (tertiary/aromatic N) is 4. The van der Waals surface area contributed by atoms with Crippen LogP contribution in [-0.2, 0) is 18.3 Å². The van der Waals surface area contributed by atoms with Crippen LogP contribution in [0.15, 0.2) is 11.2 Å². The number of aliphatic imine (C=N–C) groups is 1. The molecule has 1 aliphatic carbocycles. The molecular weight excluding hydrogens is 314 g/mol. The zero-order valence-electron chi connectivity index (χ0n) is 16.6. The minimum atomic E-state index is 0.424. The smallest absolute Gasteiger partial charge is 0.193 e. The molecule has 1 heterocycles. The molecule has 1 aliphatic rings. The maximum absolute atomic E-state index is 5.69. The van der Waals surface area contributed by atoms with E-state index in [1.165, 1.54) is 24.1 Å². The van der Waals surface area contributed by atoms with E-state index in [1.54, 1.807) is 0 Å². The summed E-state index contributed by atoms with van der Waals surface area (Å²) < 4.78 is 7.59. The first-order chi connectivity index (χ1) is 12.0. The van der Waals surface area contributed by atoms with E-state index in [2.05, 4.69) is 49.3 Å². The number of guanidine groups is 1. The Balaban J connectivity index is 1.85. The molecule has 1 saturated carbocycles. The second-order valence-corrected chi connectivity index (χ2v) is 7.33. The van der Waals surface area contributed by atoms with Crippen molar-refractivity contribution in [3.8, 4) is 0 Å². The number of hydrogen-bond acceptors (Lipinski definition) is 3. The molecule has 6 nitrogen and oxygen atoms in total. The lowest BCUT2D eigenvalue weighted by Crippen LogP contribution is -2.38.